The van der Waals surface area contributed by atoms with Crippen LogP contribution in [-0.2, 0) is 4.79 Å². The van der Waals surface area contributed by atoms with Crippen LogP contribution >= 0.6 is 0 Å². The zero-order chi connectivity index (χ0) is 13.8. The third-order valence-corrected chi connectivity index (χ3v) is 2.21. The first kappa shape index (κ1) is 15.7. The number of carbonyl (C=O) groups is 2. The number of carbonyl (C=O) groups excluding carboxylic acids is 1. The zero-order valence-corrected chi connectivity index (χ0v) is 11.6. The maximum atomic E-state index is 12.1. The molecule has 0 aliphatic carbocycles. The first-order chi connectivity index (χ1) is 7.54. The molecule has 0 saturated heterocycles. The molecule has 1 N–H and O–H groups in total. The molecular weight excluding hydrogens is 220 g/mol. The molecule has 0 aromatic carbocycles. The summed E-state index contributed by atoms with van der Waals surface area (Å²) in [5, 5.41) is 8.78. The molecule has 0 heterocycles. The number of aliphatic carboxylic acids is 1. The summed E-state index contributed by atoms with van der Waals surface area (Å²) in [4.78, 5) is 25.7. The molecule has 0 spiro atoms. The third kappa shape index (κ3) is 6.14. The Kier molecular flexibility index (Phi) is 5.45. The molecule has 0 bridgehead atoms. The standard InChI is InChI=1S/C12H24N2O3/c1-9(2)14(7-10(15)16)11(17)13(6)8-12(3,4)5/h9H,7-8H2,1-6H3,(H,15,16). The molecule has 5 nitrogen and oxygen atoms in total. The highest BCUT2D eigenvalue weighted by atomic mass is 16.4. The molecule has 0 unspecified atom stereocenters. The molecule has 5 heteroatoms. The van der Waals surface area contributed by atoms with Gasteiger partial charge < -0.3 is 14.9 Å². The monoisotopic (exact) mass is 244 g/mol. The second kappa shape index (κ2) is 5.89. The van der Waals surface area contributed by atoms with Gasteiger partial charge in [0.2, 0.25) is 0 Å². The van der Waals surface area contributed by atoms with Crippen LogP contribution in [0.2, 0.25) is 0 Å². The van der Waals surface area contributed by atoms with Gasteiger partial charge in [-0.25, -0.2) is 4.79 Å². The Balaban J connectivity index is 4.67. The Labute approximate surface area is 103 Å². The number of carboxylic acid groups (broad SMARTS) is 1. The maximum absolute atomic E-state index is 12.1. The fraction of sp³-hybridized carbons (Fsp3) is 0.833. The van der Waals surface area contributed by atoms with Crippen LogP contribution in [0.15, 0.2) is 0 Å². The van der Waals surface area contributed by atoms with E-state index in [1.807, 2.05) is 34.6 Å². The van der Waals surface area contributed by atoms with E-state index in [-0.39, 0.29) is 24.0 Å². The molecule has 0 radical (unpaired) electrons. The molecule has 100 valence electrons. The van der Waals surface area contributed by atoms with Crippen molar-refractivity contribution in [2.75, 3.05) is 20.1 Å². The Hall–Kier alpha value is -1.26. The van der Waals surface area contributed by atoms with Gasteiger partial charge in [-0.3, -0.25) is 4.79 Å². The van der Waals surface area contributed by atoms with Crippen LogP contribution in [0.5, 0.6) is 0 Å². The van der Waals surface area contributed by atoms with Crippen LogP contribution in [0.1, 0.15) is 34.6 Å². The smallest absolute Gasteiger partial charge is 0.323 e. The summed E-state index contributed by atoms with van der Waals surface area (Å²) in [7, 11) is 1.70. The van der Waals surface area contributed by atoms with Crippen LogP contribution in [-0.4, -0.2) is 53.1 Å². The lowest BCUT2D eigenvalue weighted by atomic mass is 9.96. The van der Waals surface area contributed by atoms with Gasteiger partial charge in [0.1, 0.15) is 6.54 Å². The van der Waals surface area contributed by atoms with E-state index in [1.54, 1.807) is 11.9 Å². The van der Waals surface area contributed by atoms with Crippen molar-refractivity contribution in [1.29, 1.82) is 0 Å². The highest BCUT2D eigenvalue weighted by Gasteiger charge is 2.25. The van der Waals surface area contributed by atoms with Crippen molar-refractivity contribution in [2.45, 2.75) is 40.7 Å². The van der Waals surface area contributed by atoms with Crippen LogP contribution in [0.25, 0.3) is 0 Å². The molecule has 0 aliphatic rings. The second-order valence-electron chi connectivity index (χ2n) is 5.81. The quantitative estimate of drug-likeness (QED) is 0.821. The van der Waals surface area contributed by atoms with Crippen LogP contribution < -0.4 is 0 Å². The van der Waals surface area contributed by atoms with E-state index >= 15 is 0 Å². The first-order valence-electron chi connectivity index (χ1n) is 5.78. The van der Waals surface area contributed by atoms with E-state index < -0.39 is 5.97 Å². The van der Waals surface area contributed by atoms with E-state index in [0.717, 1.165) is 0 Å². The molecule has 0 fully saturated rings. The Bertz CT molecular complexity index is 282. The minimum Gasteiger partial charge on any atom is -0.480 e. The molecular formula is C12H24N2O3. The van der Waals surface area contributed by atoms with Gasteiger partial charge in [-0.05, 0) is 19.3 Å². The number of hydrogen-bond acceptors (Lipinski definition) is 2. The molecule has 0 atom stereocenters. The average Bonchev–Trinajstić information content (AvgIpc) is 2.09. The van der Waals surface area contributed by atoms with Gasteiger partial charge in [0.15, 0.2) is 0 Å². The highest BCUT2D eigenvalue weighted by Crippen LogP contribution is 2.15. The van der Waals surface area contributed by atoms with Crippen molar-refractivity contribution in [3.63, 3.8) is 0 Å². The van der Waals surface area contributed by atoms with Crippen molar-refractivity contribution < 1.29 is 14.7 Å². The summed E-state index contributed by atoms with van der Waals surface area (Å²) in [6.07, 6.45) is 0. The molecule has 0 aromatic heterocycles. The minimum absolute atomic E-state index is 0.00369. The van der Waals surface area contributed by atoms with Gasteiger partial charge in [-0.1, -0.05) is 20.8 Å². The maximum Gasteiger partial charge on any atom is 0.323 e. The molecule has 0 saturated carbocycles. The SMILES string of the molecule is CC(C)N(CC(=O)O)C(=O)N(C)CC(C)(C)C. The topological polar surface area (TPSA) is 60.9 Å². The largest absolute Gasteiger partial charge is 0.480 e. The summed E-state index contributed by atoms with van der Waals surface area (Å²) in [6, 6.07) is -0.363. The minimum atomic E-state index is -0.990. The fourth-order valence-corrected chi connectivity index (χ4v) is 1.62. The molecule has 0 aliphatic heterocycles. The molecule has 17 heavy (non-hydrogen) atoms. The van der Waals surface area contributed by atoms with E-state index in [1.165, 1.54) is 4.90 Å². The van der Waals surface area contributed by atoms with Crippen LogP contribution in [0, 0.1) is 5.41 Å². The lowest BCUT2D eigenvalue weighted by Gasteiger charge is -2.33. The Morgan fingerprint density at radius 1 is 1.24 bits per heavy atom. The first-order valence-corrected chi connectivity index (χ1v) is 5.78. The van der Waals surface area contributed by atoms with Gasteiger partial charge in [0.05, 0.1) is 0 Å². The molecule has 2 amide bonds. The van der Waals surface area contributed by atoms with Crippen molar-refractivity contribution in [3.05, 3.63) is 0 Å². The van der Waals surface area contributed by atoms with Gasteiger partial charge in [0.25, 0.3) is 0 Å². The molecule has 0 aromatic rings. The number of rotatable bonds is 4. The van der Waals surface area contributed by atoms with Crippen molar-refractivity contribution in [1.82, 2.24) is 9.80 Å². The van der Waals surface area contributed by atoms with Crippen LogP contribution in [0.3, 0.4) is 0 Å². The summed E-state index contributed by atoms with van der Waals surface area (Å²) >= 11 is 0. The second-order valence-corrected chi connectivity index (χ2v) is 5.81. The summed E-state index contributed by atoms with van der Waals surface area (Å²) in [6.45, 7) is 10.1. The van der Waals surface area contributed by atoms with Crippen molar-refractivity contribution >= 4 is 12.0 Å². The third-order valence-electron chi connectivity index (χ3n) is 2.21. The Morgan fingerprint density at radius 2 is 1.71 bits per heavy atom. The van der Waals surface area contributed by atoms with Crippen molar-refractivity contribution in [2.24, 2.45) is 5.41 Å². The predicted octanol–water partition coefficient (Wildman–Crippen LogP) is 1.88. The lowest BCUT2D eigenvalue weighted by Crippen LogP contribution is -2.49. The van der Waals surface area contributed by atoms with Gasteiger partial charge in [-0.15, -0.1) is 0 Å². The number of amides is 2. The number of hydrogen-bond donors (Lipinski definition) is 1. The van der Waals surface area contributed by atoms with E-state index in [0.29, 0.717) is 6.54 Å². The van der Waals surface area contributed by atoms with E-state index in [2.05, 4.69) is 0 Å². The normalized spacial score (nSPS) is 11.5. The zero-order valence-electron chi connectivity index (χ0n) is 11.6. The fourth-order valence-electron chi connectivity index (χ4n) is 1.62. The predicted molar refractivity (Wildman–Crippen MR) is 67.0 cm³/mol. The number of urea groups is 1. The molecule has 0 rings (SSSR count). The van der Waals surface area contributed by atoms with Gasteiger partial charge in [0, 0.05) is 19.6 Å². The van der Waals surface area contributed by atoms with E-state index in [9.17, 15) is 9.59 Å². The summed E-state index contributed by atoms with van der Waals surface area (Å²) < 4.78 is 0. The Morgan fingerprint density at radius 3 is 2.00 bits per heavy atom. The van der Waals surface area contributed by atoms with Crippen molar-refractivity contribution in [3.8, 4) is 0 Å². The number of nitrogens with zero attached hydrogens (tertiary/aromatic N) is 2. The van der Waals surface area contributed by atoms with Crippen LogP contribution in [0.4, 0.5) is 4.79 Å². The summed E-state index contributed by atoms with van der Waals surface area (Å²) in [5.74, 6) is -0.990. The average molecular weight is 244 g/mol. The van der Waals surface area contributed by atoms with E-state index in [4.69, 9.17) is 5.11 Å². The lowest BCUT2D eigenvalue weighted by molar-refractivity contribution is -0.138. The van der Waals surface area contributed by atoms with Gasteiger partial charge in [-0.2, -0.15) is 0 Å². The van der Waals surface area contributed by atoms with Gasteiger partial charge >= 0.3 is 12.0 Å². The number of carboxylic acids is 1. The summed E-state index contributed by atoms with van der Waals surface area (Å²) in [5.41, 5.74) is -0.00369. The highest BCUT2D eigenvalue weighted by molar-refractivity contribution is 5.80.